The lowest BCUT2D eigenvalue weighted by molar-refractivity contribution is -0.118. The Morgan fingerprint density at radius 3 is 2.84 bits per heavy atom. The number of benzene rings is 1. The van der Waals surface area contributed by atoms with E-state index in [-0.39, 0.29) is 12.3 Å². The Balaban J connectivity index is 1.72. The third-order valence-electron chi connectivity index (χ3n) is 3.09. The average molecular weight is 264 g/mol. The van der Waals surface area contributed by atoms with Crippen molar-refractivity contribution in [1.29, 1.82) is 0 Å². The summed E-state index contributed by atoms with van der Waals surface area (Å²) in [6.07, 6.45) is 1.36. The molecule has 0 bridgehead atoms. The number of ether oxygens (including phenoxy) is 2. The number of anilines is 1. The van der Waals surface area contributed by atoms with Crippen LogP contribution in [0.3, 0.4) is 0 Å². The SMILES string of the molecule is NC(=O)CCOc1ccc(NCC2CCOC2)cc1. The van der Waals surface area contributed by atoms with Crippen molar-refractivity contribution in [3.8, 4) is 5.75 Å². The molecule has 0 spiro atoms. The van der Waals surface area contributed by atoms with E-state index >= 15 is 0 Å². The molecule has 1 atom stereocenters. The molecule has 1 aromatic carbocycles. The molecule has 2 rings (SSSR count). The summed E-state index contributed by atoms with van der Waals surface area (Å²) in [5, 5.41) is 3.38. The van der Waals surface area contributed by atoms with Gasteiger partial charge in [-0.3, -0.25) is 4.79 Å². The Morgan fingerprint density at radius 2 is 2.21 bits per heavy atom. The van der Waals surface area contributed by atoms with Gasteiger partial charge in [0.1, 0.15) is 5.75 Å². The van der Waals surface area contributed by atoms with Crippen LogP contribution >= 0.6 is 0 Å². The maximum absolute atomic E-state index is 10.6. The van der Waals surface area contributed by atoms with Crippen molar-refractivity contribution in [3.05, 3.63) is 24.3 Å². The van der Waals surface area contributed by atoms with Crippen LogP contribution in [-0.2, 0) is 9.53 Å². The molecule has 1 amide bonds. The molecule has 1 unspecified atom stereocenters. The Kier molecular flexibility index (Phi) is 5.03. The maximum atomic E-state index is 10.6. The zero-order valence-corrected chi connectivity index (χ0v) is 10.9. The number of nitrogens with two attached hydrogens (primary N) is 1. The highest BCUT2D eigenvalue weighted by Gasteiger charge is 2.14. The van der Waals surface area contributed by atoms with Crippen molar-refractivity contribution in [2.45, 2.75) is 12.8 Å². The van der Waals surface area contributed by atoms with Crippen LogP contribution in [0.25, 0.3) is 0 Å². The smallest absolute Gasteiger partial charge is 0.220 e. The summed E-state index contributed by atoms with van der Waals surface area (Å²) < 4.78 is 10.7. The molecule has 5 nitrogen and oxygen atoms in total. The van der Waals surface area contributed by atoms with E-state index in [1.165, 1.54) is 0 Å². The van der Waals surface area contributed by atoms with Crippen LogP contribution < -0.4 is 15.8 Å². The van der Waals surface area contributed by atoms with E-state index in [2.05, 4.69) is 5.32 Å². The van der Waals surface area contributed by atoms with E-state index in [1.807, 2.05) is 24.3 Å². The molecule has 0 aliphatic carbocycles. The van der Waals surface area contributed by atoms with Gasteiger partial charge >= 0.3 is 0 Å². The first kappa shape index (κ1) is 13.7. The molecule has 0 aromatic heterocycles. The minimum atomic E-state index is -0.350. The number of carbonyl (C=O) groups is 1. The van der Waals surface area contributed by atoms with Crippen LogP contribution in [0.2, 0.25) is 0 Å². The second-order valence-electron chi connectivity index (χ2n) is 4.70. The van der Waals surface area contributed by atoms with E-state index in [4.69, 9.17) is 15.2 Å². The van der Waals surface area contributed by atoms with Gasteiger partial charge in [-0.2, -0.15) is 0 Å². The first-order valence-corrected chi connectivity index (χ1v) is 6.57. The third kappa shape index (κ3) is 4.79. The van der Waals surface area contributed by atoms with Gasteiger partial charge < -0.3 is 20.5 Å². The van der Waals surface area contributed by atoms with E-state index < -0.39 is 0 Å². The highest BCUT2D eigenvalue weighted by molar-refractivity contribution is 5.73. The number of primary amides is 1. The minimum absolute atomic E-state index is 0.238. The van der Waals surface area contributed by atoms with Gasteiger partial charge in [-0.25, -0.2) is 0 Å². The molecule has 1 aliphatic rings. The molecule has 5 heteroatoms. The molecule has 0 saturated carbocycles. The molecule has 104 valence electrons. The number of hydrogen-bond donors (Lipinski definition) is 2. The molecule has 1 heterocycles. The summed E-state index contributed by atoms with van der Waals surface area (Å²) in [7, 11) is 0. The summed E-state index contributed by atoms with van der Waals surface area (Å²) in [5.74, 6) is 1.000. The third-order valence-corrected chi connectivity index (χ3v) is 3.09. The Labute approximate surface area is 113 Å². The molecule has 1 saturated heterocycles. The van der Waals surface area contributed by atoms with Crippen molar-refractivity contribution in [2.24, 2.45) is 11.7 Å². The fourth-order valence-electron chi connectivity index (χ4n) is 1.94. The van der Waals surface area contributed by atoms with Crippen LogP contribution in [0.15, 0.2) is 24.3 Å². The Morgan fingerprint density at radius 1 is 1.42 bits per heavy atom. The van der Waals surface area contributed by atoms with Crippen LogP contribution in [0, 0.1) is 5.92 Å². The molecule has 3 N–H and O–H groups in total. The van der Waals surface area contributed by atoms with Gasteiger partial charge in [0.05, 0.1) is 19.6 Å². The lowest BCUT2D eigenvalue weighted by Gasteiger charge is -2.11. The molecular weight excluding hydrogens is 244 g/mol. The maximum Gasteiger partial charge on any atom is 0.220 e. The largest absolute Gasteiger partial charge is 0.493 e. The Bertz CT molecular complexity index is 400. The van der Waals surface area contributed by atoms with Crippen LogP contribution in [0.1, 0.15) is 12.8 Å². The summed E-state index contributed by atoms with van der Waals surface area (Å²) in [5.41, 5.74) is 6.10. The molecular formula is C14H20N2O3. The van der Waals surface area contributed by atoms with Gasteiger partial charge in [-0.05, 0) is 30.7 Å². The standard InChI is InChI=1S/C14H20N2O3/c15-14(17)6-8-19-13-3-1-12(2-4-13)16-9-11-5-7-18-10-11/h1-4,11,16H,5-10H2,(H2,15,17). The topological polar surface area (TPSA) is 73.6 Å². The highest BCUT2D eigenvalue weighted by Crippen LogP contribution is 2.18. The lowest BCUT2D eigenvalue weighted by atomic mass is 10.1. The molecule has 1 fully saturated rings. The molecule has 0 radical (unpaired) electrons. The lowest BCUT2D eigenvalue weighted by Crippen LogP contribution is -2.15. The summed E-state index contributed by atoms with van der Waals surface area (Å²) >= 11 is 0. The van der Waals surface area contributed by atoms with E-state index in [9.17, 15) is 4.79 Å². The van der Waals surface area contributed by atoms with E-state index in [0.29, 0.717) is 12.5 Å². The van der Waals surface area contributed by atoms with Crippen LogP contribution in [0.5, 0.6) is 5.75 Å². The second-order valence-corrected chi connectivity index (χ2v) is 4.70. The number of carbonyl (C=O) groups excluding carboxylic acids is 1. The minimum Gasteiger partial charge on any atom is -0.493 e. The normalized spacial score (nSPS) is 18.2. The zero-order chi connectivity index (χ0) is 13.5. The Hall–Kier alpha value is -1.75. The fourth-order valence-corrected chi connectivity index (χ4v) is 1.94. The number of hydrogen-bond acceptors (Lipinski definition) is 4. The van der Waals surface area contributed by atoms with Crippen LogP contribution in [0.4, 0.5) is 5.69 Å². The van der Waals surface area contributed by atoms with Gasteiger partial charge in [0.25, 0.3) is 0 Å². The van der Waals surface area contributed by atoms with Gasteiger partial charge in [-0.1, -0.05) is 0 Å². The van der Waals surface area contributed by atoms with E-state index in [1.54, 1.807) is 0 Å². The zero-order valence-electron chi connectivity index (χ0n) is 10.9. The average Bonchev–Trinajstić information content (AvgIpc) is 2.90. The van der Waals surface area contributed by atoms with Gasteiger partial charge in [0.2, 0.25) is 5.91 Å². The quantitative estimate of drug-likeness (QED) is 0.780. The van der Waals surface area contributed by atoms with Gasteiger partial charge in [-0.15, -0.1) is 0 Å². The monoisotopic (exact) mass is 264 g/mol. The number of amides is 1. The summed E-state index contributed by atoms with van der Waals surface area (Å²) in [6, 6.07) is 7.70. The van der Waals surface area contributed by atoms with Crippen molar-refractivity contribution in [2.75, 3.05) is 31.7 Å². The van der Waals surface area contributed by atoms with Gasteiger partial charge in [0.15, 0.2) is 0 Å². The van der Waals surface area contributed by atoms with Crippen molar-refractivity contribution in [3.63, 3.8) is 0 Å². The van der Waals surface area contributed by atoms with Crippen molar-refractivity contribution in [1.82, 2.24) is 0 Å². The second kappa shape index (κ2) is 6.99. The number of nitrogens with one attached hydrogen (secondary N) is 1. The highest BCUT2D eigenvalue weighted by atomic mass is 16.5. The predicted octanol–water partition coefficient (Wildman–Crippen LogP) is 1.39. The van der Waals surface area contributed by atoms with Crippen LogP contribution in [-0.4, -0.2) is 32.3 Å². The number of rotatable bonds is 7. The van der Waals surface area contributed by atoms with Gasteiger partial charge in [0, 0.05) is 24.8 Å². The van der Waals surface area contributed by atoms with Crippen molar-refractivity contribution < 1.29 is 14.3 Å². The first-order chi connectivity index (χ1) is 9.24. The summed E-state index contributed by atoms with van der Waals surface area (Å²) in [6.45, 7) is 2.98. The predicted molar refractivity (Wildman–Crippen MR) is 73.2 cm³/mol. The van der Waals surface area contributed by atoms with E-state index in [0.717, 1.165) is 37.6 Å². The first-order valence-electron chi connectivity index (χ1n) is 6.57. The molecule has 1 aromatic rings. The molecule has 19 heavy (non-hydrogen) atoms. The summed E-state index contributed by atoms with van der Waals surface area (Å²) in [4.78, 5) is 10.6. The molecule has 1 aliphatic heterocycles. The van der Waals surface area contributed by atoms with Crippen molar-refractivity contribution >= 4 is 11.6 Å². The fraction of sp³-hybridized carbons (Fsp3) is 0.500.